The van der Waals surface area contributed by atoms with Gasteiger partial charge in [-0.3, -0.25) is 9.69 Å². The Morgan fingerprint density at radius 1 is 1.24 bits per heavy atom. The Morgan fingerprint density at radius 3 is 2.86 bits per heavy atom. The molecule has 0 radical (unpaired) electrons. The molecule has 3 fully saturated rings. The molecule has 0 saturated carbocycles. The van der Waals surface area contributed by atoms with Gasteiger partial charge in [-0.05, 0) is 58.0 Å². The molecular formula is C17H30N2O2. The zero-order valence-corrected chi connectivity index (χ0v) is 13.4. The summed E-state index contributed by atoms with van der Waals surface area (Å²) < 4.78 is 5.38. The van der Waals surface area contributed by atoms with Gasteiger partial charge >= 0.3 is 5.97 Å². The van der Waals surface area contributed by atoms with Crippen molar-refractivity contribution in [3.8, 4) is 0 Å². The molecule has 0 aromatic carbocycles. The van der Waals surface area contributed by atoms with Crippen molar-refractivity contribution < 1.29 is 9.53 Å². The number of rotatable bonds is 3. The first-order valence-electron chi connectivity index (χ1n) is 8.93. The van der Waals surface area contributed by atoms with Crippen LogP contribution in [0.25, 0.3) is 0 Å². The van der Waals surface area contributed by atoms with Crippen LogP contribution in [-0.2, 0) is 9.53 Å². The average Bonchev–Trinajstić information content (AvgIpc) is 2.55. The molecule has 0 spiro atoms. The van der Waals surface area contributed by atoms with Gasteiger partial charge in [0.2, 0.25) is 0 Å². The second kappa shape index (κ2) is 7.10. The molecule has 4 heteroatoms. The van der Waals surface area contributed by atoms with E-state index < -0.39 is 0 Å². The van der Waals surface area contributed by atoms with Gasteiger partial charge in [-0.1, -0.05) is 12.8 Å². The Labute approximate surface area is 128 Å². The molecule has 0 unspecified atom stereocenters. The summed E-state index contributed by atoms with van der Waals surface area (Å²) in [6, 6.07) is 1.05. The number of esters is 1. The first-order chi connectivity index (χ1) is 10.3. The Bertz CT molecular complexity index is 355. The molecule has 3 aliphatic heterocycles. The Hall–Kier alpha value is -0.610. The van der Waals surface area contributed by atoms with Gasteiger partial charge in [0, 0.05) is 18.6 Å². The van der Waals surface area contributed by atoms with Gasteiger partial charge in [0.05, 0.1) is 12.5 Å². The molecule has 21 heavy (non-hydrogen) atoms. The van der Waals surface area contributed by atoms with Gasteiger partial charge in [0.1, 0.15) is 0 Å². The fourth-order valence-electron chi connectivity index (χ4n) is 4.63. The number of piperidine rings is 3. The van der Waals surface area contributed by atoms with Crippen LogP contribution in [0.15, 0.2) is 0 Å². The van der Waals surface area contributed by atoms with Crippen molar-refractivity contribution in [2.75, 3.05) is 26.2 Å². The average molecular weight is 294 g/mol. The number of carbonyl (C=O) groups is 1. The zero-order valence-electron chi connectivity index (χ0n) is 13.4. The lowest BCUT2D eigenvalue weighted by molar-refractivity contribution is -0.155. The van der Waals surface area contributed by atoms with Crippen LogP contribution in [0.1, 0.15) is 51.9 Å². The molecular weight excluding hydrogens is 264 g/mol. The van der Waals surface area contributed by atoms with E-state index in [0.717, 1.165) is 13.0 Å². The van der Waals surface area contributed by atoms with Crippen LogP contribution in [0.3, 0.4) is 0 Å². The highest BCUT2D eigenvalue weighted by molar-refractivity contribution is 5.73. The molecule has 0 aromatic heterocycles. The summed E-state index contributed by atoms with van der Waals surface area (Å²) in [5.41, 5.74) is 0. The number of hydrogen-bond donors (Lipinski definition) is 1. The predicted octanol–water partition coefficient (Wildman–Crippen LogP) is 2.18. The predicted molar refractivity (Wildman–Crippen MR) is 83.1 cm³/mol. The smallest absolute Gasteiger partial charge is 0.310 e. The monoisotopic (exact) mass is 294 g/mol. The van der Waals surface area contributed by atoms with Gasteiger partial charge < -0.3 is 10.1 Å². The molecule has 0 aliphatic carbocycles. The van der Waals surface area contributed by atoms with Gasteiger partial charge in [0.25, 0.3) is 0 Å². The van der Waals surface area contributed by atoms with E-state index in [1.807, 2.05) is 6.92 Å². The summed E-state index contributed by atoms with van der Waals surface area (Å²) in [6.45, 7) is 5.92. The minimum Gasteiger partial charge on any atom is -0.466 e. The van der Waals surface area contributed by atoms with E-state index in [1.54, 1.807) is 0 Å². The number of fused-ring (bicyclic) bond motifs is 1. The maximum Gasteiger partial charge on any atom is 0.310 e. The molecule has 3 heterocycles. The van der Waals surface area contributed by atoms with E-state index in [2.05, 4.69) is 10.2 Å². The first-order valence-corrected chi connectivity index (χ1v) is 8.93. The second-order valence-corrected chi connectivity index (χ2v) is 6.97. The standard InChI is InChI=1S/C17H30N2O2/c1-2-21-17(20)14-11-13(15-7-3-5-9-18-15)12-19-10-6-4-8-16(14)19/h13-16,18H,2-12H2,1H3/t13-,14+,15+,16-/m0/s1. The molecule has 4 nitrogen and oxygen atoms in total. The fourth-order valence-corrected chi connectivity index (χ4v) is 4.63. The molecule has 3 rings (SSSR count). The second-order valence-electron chi connectivity index (χ2n) is 6.97. The van der Waals surface area contributed by atoms with E-state index in [9.17, 15) is 4.79 Å². The topological polar surface area (TPSA) is 41.6 Å². The quantitative estimate of drug-likeness (QED) is 0.810. The van der Waals surface area contributed by atoms with E-state index in [4.69, 9.17) is 4.74 Å². The Balaban J connectivity index is 1.71. The van der Waals surface area contributed by atoms with E-state index in [-0.39, 0.29) is 11.9 Å². The van der Waals surface area contributed by atoms with E-state index in [0.29, 0.717) is 24.6 Å². The van der Waals surface area contributed by atoms with Crippen LogP contribution in [0, 0.1) is 11.8 Å². The van der Waals surface area contributed by atoms with Crippen LogP contribution >= 0.6 is 0 Å². The molecule has 3 saturated heterocycles. The summed E-state index contributed by atoms with van der Waals surface area (Å²) >= 11 is 0. The van der Waals surface area contributed by atoms with Crippen molar-refractivity contribution >= 4 is 5.97 Å². The lowest BCUT2D eigenvalue weighted by atomic mass is 9.75. The Kier molecular flexibility index (Phi) is 5.17. The summed E-state index contributed by atoms with van der Waals surface area (Å²) in [6.07, 6.45) is 8.67. The lowest BCUT2D eigenvalue weighted by Crippen LogP contribution is -2.57. The van der Waals surface area contributed by atoms with Crippen LogP contribution in [0.5, 0.6) is 0 Å². The van der Waals surface area contributed by atoms with Crippen LogP contribution in [-0.4, -0.2) is 49.2 Å². The van der Waals surface area contributed by atoms with Gasteiger partial charge in [-0.25, -0.2) is 0 Å². The van der Waals surface area contributed by atoms with Crippen LogP contribution in [0.4, 0.5) is 0 Å². The number of ether oxygens (including phenoxy) is 1. The highest BCUT2D eigenvalue weighted by Gasteiger charge is 2.43. The SMILES string of the molecule is CCOC(=O)[C@@H]1C[C@H]([C@H]2CCCCN2)CN2CCCC[C@@H]12. The van der Waals surface area contributed by atoms with Crippen molar-refractivity contribution in [3.63, 3.8) is 0 Å². The molecule has 3 aliphatic rings. The van der Waals surface area contributed by atoms with Crippen molar-refractivity contribution in [1.29, 1.82) is 0 Å². The summed E-state index contributed by atoms with van der Waals surface area (Å²) in [5, 5.41) is 3.70. The number of nitrogens with one attached hydrogen (secondary N) is 1. The molecule has 1 N–H and O–H groups in total. The van der Waals surface area contributed by atoms with Crippen molar-refractivity contribution in [1.82, 2.24) is 10.2 Å². The van der Waals surface area contributed by atoms with E-state index >= 15 is 0 Å². The number of hydrogen-bond acceptors (Lipinski definition) is 4. The number of carbonyl (C=O) groups excluding carboxylic acids is 1. The highest BCUT2D eigenvalue weighted by Crippen LogP contribution is 2.36. The van der Waals surface area contributed by atoms with Crippen molar-refractivity contribution in [3.05, 3.63) is 0 Å². The minimum atomic E-state index is 0.0508. The maximum atomic E-state index is 12.4. The molecule has 4 atom stereocenters. The third-order valence-corrected chi connectivity index (χ3v) is 5.66. The summed E-state index contributed by atoms with van der Waals surface area (Å²) in [4.78, 5) is 15.0. The molecule has 0 amide bonds. The molecule has 120 valence electrons. The summed E-state index contributed by atoms with van der Waals surface area (Å²) in [7, 11) is 0. The zero-order chi connectivity index (χ0) is 14.7. The summed E-state index contributed by atoms with van der Waals surface area (Å²) in [5.74, 6) is 0.775. The van der Waals surface area contributed by atoms with Gasteiger partial charge in [-0.2, -0.15) is 0 Å². The van der Waals surface area contributed by atoms with Crippen LogP contribution in [0.2, 0.25) is 0 Å². The maximum absolute atomic E-state index is 12.4. The third-order valence-electron chi connectivity index (χ3n) is 5.66. The fraction of sp³-hybridized carbons (Fsp3) is 0.941. The van der Waals surface area contributed by atoms with Crippen LogP contribution < -0.4 is 5.32 Å². The van der Waals surface area contributed by atoms with Gasteiger partial charge in [0.15, 0.2) is 0 Å². The van der Waals surface area contributed by atoms with E-state index in [1.165, 1.54) is 51.6 Å². The Morgan fingerprint density at radius 2 is 2.10 bits per heavy atom. The van der Waals surface area contributed by atoms with Crippen molar-refractivity contribution in [2.45, 2.75) is 64.0 Å². The van der Waals surface area contributed by atoms with Gasteiger partial charge in [-0.15, -0.1) is 0 Å². The first kappa shape index (κ1) is 15.3. The van der Waals surface area contributed by atoms with Crippen molar-refractivity contribution in [2.24, 2.45) is 11.8 Å². The normalized spacial score (nSPS) is 37.8. The molecule has 0 bridgehead atoms. The largest absolute Gasteiger partial charge is 0.466 e. The lowest BCUT2D eigenvalue weighted by Gasteiger charge is -2.48. The number of nitrogens with zero attached hydrogens (tertiary/aromatic N) is 1. The highest BCUT2D eigenvalue weighted by atomic mass is 16.5. The minimum absolute atomic E-state index is 0.0508. The molecule has 0 aromatic rings. The third kappa shape index (κ3) is 3.42.